The number of aryl methyl sites for hydroxylation is 2. The van der Waals surface area contributed by atoms with Gasteiger partial charge in [0, 0.05) is 35.2 Å². The molecular formula is C18H20Br2N4O2. The van der Waals surface area contributed by atoms with Gasteiger partial charge in [-0.15, -0.1) is 0 Å². The van der Waals surface area contributed by atoms with E-state index in [1.807, 2.05) is 42.8 Å². The van der Waals surface area contributed by atoms with Gasteiger partial charge in [0.25, 0.3) is 5.91 Å². The van der Waals surface area contributed by atoms with Gasteiger partial charge >= 0.3 is 0 Å². The molecule has 26 heavy (non-hydrogen) atoms. The van der Waals surface area contributed by atoms with Crippen molar-refractivity contribution in [2.75, 3.05) is 6.54 Å². The van der Waals surface area contributed by atoms with Gasteiger partial charge < -0.3 is 10.2 Å². The molecule has 138 valence electrons. The number of nitrogens with zero attached hydrogens (tertiary/aromatic N) is 3. The highest BCUT2D eigenvalue weighted by molar-refractivity contribution is 9.10. The Bertz CT molecular complexity index is 848. The van der Waals surface area contributed by atoms with Crippen molar-refractivity contribution >= 4 is 43.5 Å². The first-order valence-electron chi connectivity index (χ1n) is 8.41. The minimum Gasteiger partial charge on any atom is -0.382 e. The zero-order chi connectivity index (χ0) is 18.7. The van der Waals surface area contributed by atoms with Crippen LogP contribution in [0.1, 0.15) is 29.8 Å². The number of halogens is 2. The average molecular weight is 484 g/mol. The van der Waals surface area contributed by atoms with Crippen LogP contribution in [-0.2, 0) is 16.2 Å². The first-order valence-corrected chi connectivity index (χ1v) is 10.00. The molecule has 0 saturated carbocycles. The third-order valence-electron chi connectivity index (χ3n) is 4.26. The normalized spacial score (nSPS) is 16.3. The van der Waals surface area contributed by atoms with Crippen LogP contribution in [0.15, 0.2) is 38.4 Å². The molecule has 1 aliphatic heterocycles. The van der Waals surface area contributed by atoms with Crippen molar-refractivity contribution in [1.29, 1.82) is 0 Å². The van der Waals surface area contributed by atoms with Crippen molar-refractivity contribution in [3.63, 3.8) is 0 Å². The highest BCUT2D eigenvalue weighted by Crippen LogP contribution is 2.21. The van der Waals surface area contributed by atoms with E-state index in [1.54, 1.807) is 0 Å². The van der Waals surface area contributed by atoms with Gasteiger partial charge in [-0.05, 0) is 48.3 Å². The molecule has 0 radical (unpaired) electrons. The predicted octanol–water partition coefficient (Wildman–Crippen LogP) is 3.72. The minimum atomic E-state index is -0.563. The fourth-order valence-corrected chi connectivity index (χ4v) is 3.49. The fourth-order valence-electron chi connectivity index (χ4n) is 2.80. The van der Waals surface area contributed by atoms with E-state index in [0.717, 1.165) is 44.6 Å². The lowest BCUT2D eigenvalue weighted by Gasteiger charge is -2.10. The summed E-state index contributed by atoms with van der Waals surface area (Å²) in [5.74, 6) is -0.131. The number of hydrogen-bond donors (Lipinski definition) is 1. The Labute approximate surface area is 169 Å². The summed E-state index contributed by atoms with van der Waals surface area (Å²) in [6.07, 6.45) is 0.714. The molecule has 3 rings (SSSR count). The summed E-state index contributed by atoms with van der Waals surface area (Å²) in [6.45, 7) is 5.32. The number of benzene rings is 1. The van der Waals surface area contributed by atoms with Gasteiger partial charge in [-0.25, -0.2) is 0 Å². The van der Waals surface area contributed by atoms with Crippen LogP contribution >= 0.6 is 31.9 Å². The number of oxime groups is 1. The molecule has 0 spiro atoms. The zero-order valence-electron chi connectivity index (χ0n) is 14.6. The molecule has 1 N–H and O–H groups in total. The maximum Gasteiger partial charge on any atom is 0.264 e. The molecule has 0 saturated heterocycles. The monoisotopic (exact) mass is 482 g/mol. The second-order valence-corrected chi connectivity index (χ2v) is 7.91. The summed E-state index contributed by atoms with van der Waals surface area (Å²) in [4.78, 5) is 17.6. The summed E-state index contributed by atoms with van der Waals surface area (Å²) in [5.41, 5.74) is 3.83. The Kier molecular flexibility index (Phi) is 6.13. The van der Waals surface area contributed by atoms with Gasteiger partial charge in [-0.1, -0.05) is 33.2 Å². The van der Waals surface area contributed by atoms with Crippen LogP contribution in [-0.4, -0.2) is 34.0 Å². The molecule has 0 bridgehead atoms. The summed E-state index contributed by atoms with van der Waals surface area (Å²) in [7, 11) is 0. The Morgan fingerprint density at radius 1 is 1.38 bits per heavy atom. The lowest BCUT2D eigenvalue weighted by molar-refractivity contribution is -0.131. The van der Waals surface area contributed by atoms with Crippen molar-refractivity contribution in [3.8, 4) is 0 Å². The lowest BCUT2D eigenvalue weighted by atomic mass is 10.0. The lowest BCUT2D eigenvalue weighted by Crippen LogP contribution is -2.35. The standard InChI is InChI=1S/C18H20Br2N4O2/c1-11-17(20)12(2)24(22-11)8-4-7-21-18(25)16-10-15(23-26-16)13-5-3-6-14(19)9-13/h3,5-6,9,16H,4,7-8,10H2,1-2H3,(H,21,25). The molecular weight excluding hydrogens is 464 g/mol. The Morgan fingerprint density at radius 3 is 2.88 bits per heavy atom. The second kappa shape index (κ2) is 8.35. The smallest absolute Gasteiger partial charge is 0.264 e. The molecule has 2 heterocycles. The summed E-state index contributed by atoms with van der Waals surface area (Å²) in [5, 5.41) is 11.4. The average Bonchev–Trinajstić information content (AvgIpc) is 3.20. The number of aromatic nitrogens is 2. The Morgan fingerprint density at radius 2 is 2.19 bits per heavy atom. The largest absolute Gasteiger partial charge is 0.382 e. The quantitative estimate of drug-likeness (QED) is 0.636. The maximum atomic E-state index is 12.3. The molecule has 0 fully saturated rings. The van der Waals surface area contributed by atoms with Crippen LogP contribution in [0.4, 0.5) is 0 Å². The highest BCUT2D eigenvalue weighted by atomic mass is 79.9. The Hall–Kier alpha value is -1.67. The zero-order valence-corrected chi connectivity index (χ0v) is 17.8. The van der Waals surface area contributed by atoms with Crippen LogP contribution in [0.2, 0.25) is 0 Å². The maximum absolute atomic E-state index is 12.3. The number of rotatable bonds is 6. The van der Waals surface area contributed by atoms with E-state index < -0.39 is 6.10 Å². The molecule has 1 aromatic carbocycles. The first kappa shape index (κ1) is 19.1. The number of carbonyl (C=O) groups is 1. The van der Waals surface area contributed by atoms with Crippen molar-refractivity contribution in [2.24, 2.45) is 5.16 Å². The van der Waals surface area contributed by atoms with E-state index in [2.05, 4.69) is 47.4 Å². The van der Waals surface area contributed by atoms with Crippen LogP contribution in [0, 0.1) is 13.8 Å². The minimum absolute atomic E-state index is 0.131. The van der Waals surface area contributed by atoms with Crippen LogP contribution in [0.25, 0.3) is 0 Å². The van der Waals surface area contributed by atoms with E-state index in [1.165, 1.54) is 0 Å². The van der Waals surface area contributed by atoms with Gasteiger partial charge in [0.15, 0.2) is 0 Å². The highest BCUT2D eigenvalue weighted by Gasteiger charge is 2.28. The third-order valence-corrected chi connectivity index (χ3v) is 5.90. The summed E-state index contributed by atoms with van der Waals surface area (Å²) >= 11 is 6.96. The molecule has 1 amide bonds. The molecule has 2 aromatic rings. The van der Waals surface area contributed by atoms with Crippen molar-refractivity contribution < 1.29 is 9.63 Å². The van der Waals surface area contributed by atoms with Gasteiger partial charge in [-0.2, -0.15) is 5.10 Å². The van der Waals surface area contributed by atoms with Gasteiger partial charge in [-0.3, -0.25) is 9.48 Å². The summed E-state index contributed by atoms with van der Waals surface area (Å²) < 4.78 is 3.96. The number of amides is 1. The van der Waals surface area contributed by atoms with Crippen molar-refractivity contribution in [1.82, 2.24) is 15.1 Å². The molecule has 8 heteroatoms. The van der Waals surface area contributed by atoms with E-state index in [9.17, 15) is 4.79 Å². The molecule has 1 atom stereocenters. The number of hydrogen-bond acceptors (Lipinski definition) is 4. The Balaban J connectivity index is 1.44. The van der Waals surface area contributed by atoms with Gasteiger partial charge in [0.05, 0.1) is 15.9 Å². The van der Waals surface area contributed by atoms with E-state index >= 15 is 0 Å². The van der Waals surface area contributed by atoms with E-state index in [-0.39, 0.29) is 5.91 Å². The topological polar surface area (TPSA) is 68.5 Å². The fraction of sp³-hybridized carbons (Fsp3) is 0.389. The van der Waals surface area contributed by atoms with Gasteiger partial charge in [0.2, 0.25) is 6.10 Å². The molecule has 1 aromatic heterocycles. The third kappa shape index (κ3) is 4.35. The van der Waals surface area contributed by atoms with Gasteiger partial charge in [0.1, 0.15) is 0 Å². The van der Waals surface area contributed by atoms with Crippen LogP contribution < -0.4 is 5.32 Å². The van der Waals surface area contributed by atoms with Crippen molar-refractivity contribution in [3.05, 3.63) is 50.2 Å². The van der Waals surface area contributed by atoms with Crippen LogP contribution in [0.3, 0.4) is 0 Å². The summed E-state index contributed by atoms with van der Waals surface area (Å²) in [6, 6.07) is 7.81. The predicted molar refractivity (Wildman–Crippen MR) is 107 cm³/mol. The van der Waals surface area contributed by atoms with E-state index in [0.29, 0.717) is 13.0 Å². The first-order chi connectivity index (χ1) is 12.5. The number of carbonyl (C=O) groups excluding carboxylic acids is 1. The SMILES string of the molecule is Cc1nn(CCCNC(=O)C2CC(c3cccc(Br)c3)=NO2)c(C)c1Br. The molecule has 6 nitrogen and oxygen atoms in total. The molecule has 1 aliphatic rings. The van der Waals surface area contributed by atoms with Crippen LogP contribution in [0.5, 0.6) is 0 Å². The molecule has 1 unspecified atom stereocenters. The molecule has 0 aliphatic carbocycles. The van der Waals surface area contributed by atoms with E-state index in [4.69, 9.17) is 4.84 Å². The number of nitrogens with one attached hydrogen (secondary N) is 1. The van der Waals surface area contributed by atoms with Crippen molar-refractivity contribution in [2.45, 2.75) is 39.3 Å². The second-order valence-electron chi connectivity index (χ2n) is 6.20.